The van der Waals surface area contributed by atoms with Gasteiger partial charge >= 0.3 is 0 Å². The zero-order chi connectivity index (χ0) is 15.6. The molecule has 1 amide bonds. The van der Waals surface area contributed by atoms with Gasteiger partial charge in [-0.3, -0.25) is 4.79 Å². The van der Waals surface area contributed by atoms with Crippen LogP contribution in [0.5, 0.6) is 0 Å². The summed E-state index contributed by atoms with van der Waals surface area (Å²) in [5.41, 5.74) is 0.618. The van der Waals surface area contributed by atoms with Crippen LogP contribution in [0.1, 0.15) is 25.8 Å². The molecule has 0 saturated carbocycles. The largest absolute Gasteiger partial charge is 0.378 e. The minimum absolute atomic E-state index is 0.0187. The molecule has 1 rings (SSSR count). The molecule has 0 aliphatic heterocycles. The first-order valence-electron chi connectivity index (χ1n) is 6.03. The van der Waals surface area contributed by atoms with E-state index < -0.39 is 15.6 Å². The van der Waals surface area contributed by atoms with Gasteiger partial charge in [-0.15, -0.1) is 0 Å². The van der Waals surface area contributed by atoms with Crippen LogP contribution in [-0.4, -0.2) is 27.0 Å². The fraction of sp³-hybridized carbons (Fsp3) is 0.462. The maximum absolute atomic E-state index is 11.9. The van der Waals surface area contributed by atoms with E-state index in [2.05, 4.69) is 5.32 Å². The lowest BCUT2D eigenvalue weighted by molar-refractivity contribution is -0.121. The van der Waals surface area contributed by atoms with E-state index in [-0.39, 0.29) is 17.2 Å². The van der Waals surface area contributed by atoms with Crippen molar-refractivity contribution < 1.29 is 17.9 Å². The molecule has 3 N–H and O–H groups in total. The fourth-order valence-electron chi connectivity index (χ4n) is 1.61. The third-order valence-electron chi connectivity index (χ3n) is 2.94. The van der Waals surface area contributed by atoms with E-state index in [4.69, 9.17) is 9.88 Å². The molecule has 0 fully saturated rings. The molecule has 6 nitrogen and oxygen atoms in total. The van der Waals surface area contributed by atoms with E-state index in [1.165, 1.54) is 18.2 Å². The van der Waals surface area contributed by atoms with E-state index in [0.29, 0.717) is 11.3 Å². The van der Waals surface area contributed by atoms with Crippen LogP contribution in [0, 0.1) is 6.92 Å². The van der Waals surface area contributed by atoms with E-state index in [1.54, 1.807) is 14.0 Å². The average molecular weight is 300 g/mol. The smallest absolute Gasteiger partial charge is 0.238 e. The summed E-state index contributed by atoms with van der Waals surface area (Å²) in [4.78, 5) is 11.9. The van der Waals surface area contributed by atoms with E-state index >= 15 is 0 Å². The molecule has 0 saturated heterocycles. The van der Waals surface area contributed by atoms with Crippen molar-refractivity contribution in [1.29, 1.82) is 0 Å². The van der Waals surface area contributed by atoms with Crippen molar-refractivity contribution in [2.24, 2.45) is 5.14 Å². The summed E-state index contributed by atoms with van der Waals surface area (Å²) in [5, 5.41) is 7.77. The van der Waals surface area contributed by atoms with Crippen molar-refractivity contribution in [3.05, 3.63) is 23.8 Å². The van der Waals surface area contributed by atoms with Gasteiger partial charge in [0.1, 0.15) is 0 Å². The molecule has 0 aliphatic rings. The summed E-state index contributed by atoms with van der Waals surface area (Å²) in [6.45, 7) is 5.32. The van der Waals surface area contributed by atoms with Crippen LogP contribution in [0.15, 0.2) is 23.1 Å². The number of amides is 1. The van der Waals surface area contributed by atoms with Crippen LogP contribution in [0.4, 0.5) is 5.69 Å². The molecule has 0 unspecified atom stereocenters. The van der Waals surface area contributed by atoms with Crippen LogP contribution < -0.4 is 10.5 Å². The van der Waals surface area contributed by atoms with Crippen LogP contribution >= 0.6 is 0 Å². The molecule has 20 heavy (non-hydrogen) atoms. The second-order valence-electron chi connectivity index (χ2n) is 5.21. The second-order valence-corrected chi connectivity index (χ2v) is 6.77. The highest BCUT2D eigenvalue weighted by Gasteiger charge is 2.21. The summed E-state index contributed by atoms with van der Waals surface area (Å²) >= 11 is 0. The Morgan fingerprint density at radius 3 is 2.45 bits per heavy atom. The van der Waals surface area contributed by atoms with Crippen molar-refractivity contribution in [2.75, 3.05) is 12.4 Å². The number of methoxy groups -OCH3 is 1. The number of sulfonamides is 1. The Bertz CT molecular complexity index is 609. The monoisotopic (exact) mass is 300 g/mol. The molecule has 7 heteroatoms. The number of primary sulfonamides is 1. The molecule has 0 aliphatic carbocycles. The van der Waals surface area contributed by atoms with Crippen molar-refractivity contribution in [1.82, 2.24) is 0 Å². The third kappa shape index (κ3) is 4.59. The van der Waals surface area contributed by atoms with Gasteiger partial charge in [0, 0.05) is 12.8 Å². The molecule has 0 spiro atoms. The van der Waals surface area contributed by atoms with Crippen molar-refractivity contribution >= 4 is 21.6 Å². The third-order valence-corrected chi connectivity index (χ3v) is 3.85. The van der Waals surface area contributed by atoms with Gasteiger partial charge in [-0.25, -0.2) is 13.6 Å². The van der Waals surface area contributed by atoms with Gasteiger partial charge in [0.2, 0.25) is 15.9 Å². The number of rotatable bonds is 5. The summed E-state index contributed by atoms with van der Waals surface area (Å²) < 4.78 is 27.6. The molecular weight excluding hydrogens is 280 g/mol. The molecule has 112 valence electrons. The Morgan fingerprint density at radius 2 is 2.00 bits per heavy atom. The van der Waals surface area contributed by atoms with Gasteiger partial charge < -0.3 is 10.1 Å². The van der Waals surface area contributed by atoms with E-state index in [0.717, 1.165) is 0 Å². The predicted molar refractivity (Wildman–Crippen MR) is 76.9 cm³/mol. The molecule has 1 aromatic carbocycles. The summed E-state index contributed by atoms with van der Waals surface area (Å²) in [6, 6.07) is 4.30. The summed E-state index contributed by atoms with van der Waals surface area (Å²) in [6.07, 6.45) is 0.194. The van der Waals surface area contributed by atoms with Gasteiger partial charge in [-0.1, -0.05) is 0 Å². The summed E-state index contributed by atoms with van der Waals surface area (Å²) in [7, 11) is -2.19. The number of nitrogens with one attached hydrogen (secondary N) is 1. The van der Waals surface area contributed by atoms with Crippen LogP contribution in [0.3, 0.4) is 0 Å². The SMILES string of the molecule is COC(C)(C)CC(=O)Nc1ccc(S(N)(=O)=O)cc1C. The number of carbonyl (C=O) groups is 1. The number of benzene rings is 1. The van der Waals surface area contributed by atoms with Crippen molar-refractivity contribution in [2.45, 2.75) is 37.7 Å². The van der Waals surface area contributed by atoms with Gasteiger partial charge in [-0.05, 0) is 44.5 Å². The second kappa shape index (κ2) is 5.90. The highest BCUT2D eigenvalue weighted by molar-refractivity contribution is 7.89. The number of anilines is 1. The summed E-state index contributed by atoms with van der Waals surface area (Å²) in [5.74, 6) is -0.205. The Balaban J connectivity index is 2.87. The molecule has 0 radical (unpaired) electrons. The predicted octanol–water partition coefficient (Wildman–Crippen LogP) is 1.40. The number of aryl methyl sites for hydroxylation is 1. The minimum atomic E-state index is -3.74. The fourth-order valence-corrected chi connectivity index (χ4v) is 2.21. The van der Waals surface area contributed by atoms with E-state index in [9.17, 15) is 13.2 Å². The minimum Gasteiger partial charge on any atom is -0.378 e. The van der Waals surface area contributed by atoms with Gasteiger partial charge in [-0.2, -0.15) is 0 Å². The molecule has 0 heterocycles. The molecule has 0 atom stereocenters. The lowest BCUT2D eigenvalue weighted by atomic mass is 10.0. The highest BCUT2D eigenvalue weighted by atomic mass is 32.2. The Kier molecular flexibility index (Phi) is 4.90. The van der Waals surface area contributed by atoms with Crippen LogP contribution in [0.2, 0.25) is 0 Å². The zero-order valence-electron chi connectivity index (χ0n) is 12.1. The standard InChI is InChI=1S/C13H20N2O4S/c1-9-7-10(20(14,17)18)5-6-11(9)15-12(16)8-13(2,3)19-4/h5-7H,8H2,1-4H3,(H,15,16)(H2,14,17,18). The molecule has 0 bridgehead atoms. The zero-order valence-corrected chi connectivity index (χ0v) is 12.9. The first-order valence-corrected chi connectivity index (χ1v) is 7.58. The van der Waals surface area contributed by atoms with Crippen LogP contribution in [-0.2, 0) is 19.6 Å². The van der Waals surface area contributed by atoms with Crippen LogP contribution in [0.25, 0.3) is 0 Å². The normalized spacial score (nSPS) is 12.2. The van der Waals surface area contributed by atoms with Gasteiger partial charge in [0.25, 0.3) is 0 Å². The number of ether oxygens (including phenoxy) is 1. The lowest BCUT2D eigenvalue weighted by Gasteiger charge is -2.22. The van der Waals surface area contributed by atoms with Crippen molar-refractivity contribution in [3.8, 4) is 0 Å². The topological polar surface area (TPSA) is 98.5 Å². The first-order chi connectivity index (χ1) is 9.05. The number of hydrogen-bond acceptors (Lipinski definition) is 4. The quantitative estimate of drug-likeness (QED) is 0.858. The Labute approximate surface area is 119 Å². The van der Waals surface area contributed by atoms with Gasteiger partial charge in [0.15, 0.2) is 0 Å². The average Bonchev–Trinajstić information content (AvgIpc) is 2.29. The maximum atomic E-state index is 11.9. The van der Waals surface area contributed by atoms with Gasteiger partial charge in [0.05, 0.1) is 16.9 Å². The molecule has 1 aromatic rings. The number of carbonyl (C=O) groups excluding carboxylic acids is 1. The first kappa shape index (κ1) is 16.6. The van der Waals surface area contributed by atoms with Crippen molar-refractivity contribution in [3.63, 3.8) is 0 Å². The Hall–Kier alpha value is -1.44. The molecule has 0 aromatic heterocycles. The Morgan fingerprint density at radius 1 is 1.40 bits per heavy atom. The van der Waals surface area contributed by atoms with E-state index in [1.807, 2.05) is 13.8 Å². The number of hydrogen-bond donors (Lipinski definition) is 2. The lowest BCUT2D eigenvalue weighted by Crippen LogP contribution is -2.29. The highest BCUT2D eigenvalue weighted by Crippen LogP contribution is 2.20. The molecular formula is C13H20N2O4S. The number of nitrogens with two attached hydrogens (primary N) is 1. The maximum Gasteiger partial charge on any atom is 0.238 e.